The van der Waals surface area contributed by atoms with Crippen molar-refractivity contribution in [3.8, 4) is 11.1 Å². The van der Waals surface area contributed by atoms with E-state index in [0.29, 0.717) is 11.6 Å². The van der Waals surface area contributed by atoms with Crippen LogP contribution in [0.3, 0.4) is 0 Å². The summed E-state index contributed by atoms with van der Waals surface area (Å²) < 4.78 is 27.5. The molecule has 1 unspecified atom stereocenters. The van der Waals surface area contributed by atoms with E-state index in [4.69, 9.17) is 0 Å². The second-order valence-corrected chi connectivity index (χ2v) is 5.35. The third-order valence-electron chi connectivity index (χ3n) is 3.49. The zero-order valence-corrected chi connectivity index (χ0v) is 12.5. The molecule has 0 saturated heterocycles. The summed E-state index contributed by atoms with van der Waals surface area (Å²) in [5.41, 5.74) is 1.77. The van der Waals surface area contributed by atoms with E-state index in [-0.39, 0.29) is 5.56 Å². The molecular weight excluding hydrogens is 268 g/mol. The molecule has 0 aliphatic rings. The molecule has 0 radical (unpaired) electrons. The van der Waals surface area contributed by atoms with Gasteiger partial charge in [-0.2, -0.15) is 0 Å². The van der Waals surface area contributed by atoms with Crippen molar-refractivity contribution < 1.29 is 8.78 Å². The van der Waals surface area contributed by atoms with Gasteiger partial charge in [0, 0.05) is 6.04 Å². The first kappa shape index (κ1) is 15.6. The van der Waals surface area contributed by atoms with Gasteiger partial charge in [-0.25, -0.2) is 8.78 Å². The van der Waals surface area contributed by atoms with E-state index in [2.05, 4.69) is 19.2 Å². The number of nitrogens with one attached hydrogen (secondary N) is 1. The molecule has 1 nitrogen and oxygen atoms in total. The van der Waals surface area contributed by atoms with Crippen molar-refractivity contribution in [1.82, 2.24) is 5.32 Å². The Morgan fingerprint density at radius 1 is 1.00 bits per heavy atom. The van der Waals surface area contributed by atoms with Gasteiger partial charge in [0.1, 0.15) is 11.6 Å². The summed E-state index contributed by atoms with van der Waals surface area (Å²) in [5, 5.41) is 3.43. The van der Waals surface area contributed by atoms with Crippen LogP contribution < -0.4 is 5.32 Å². The fourth-order valence-corrected chi connectivity index (χ4v) is 2.40. The highest BCUT2D eigenvalue weighted by Crippen LogP contribution is 2.26. The number of rotatable bonds is 6. The molecule has 0 spiro atoms. The second-order valence-electron chi connectivity index (χ2n) is 5.35. The van der Waals surface area contributed by atoms with Crippen molar-refractivity contribution in [2.24, 2.45) is 0 Å². The SMILES string of the molecule is CCCNC(C)Cc1ccc(-c2c(F)cccc2F)cc1. The van der Waals surface area contributed by atoms with Crippen LogP contribution >= 0.6 is 0 Å². The molecule has 0 amide bonds. The molecule has 112 valence electrons. The number of hydrogen-bond acceptors (Lipinski definition) is 1. The van der Waals surface area contributed by atoms with Crippen LogP contribution in [0.4, 0.5) is 8.78 Å². The van der Waals surface area contributed by atoms with Crippen molar-refractivity contribution in [3.05, 3.63) is 59.7 Å². The highest BCUT2D eigenvalue weighted by atomic mass is 19.1. The highest BCUT2D eigenvalue weighted by Gasteiger charge is 2.11. The van der Waals surface area contributed by atoms with E-state index in [9.17, 15) is 8.78 Å². The van der Waals surface area contributed by atoms with Gasteiger partial charge in [0.15, 0.2) is 0 Å². The molecule has 0 saturated carbocycles. The van der Waals surface area contributed by atoms with Crippen molar-refractivity contribution in [2.75, 3.05) is 6.54 Å². The molecular formula is C18H21F2N. The normalized spacial score (nSPS) is 12.4. The van der Waals surface area contributed by atoms with E-state index in [1.54, 1.807) is 12.1 Å². The Kier molecular flexibility index (Phi) is 5.45. The van der Waals surface area contributed by atoms with Gasteiger partial charge in [0.2, 0.25) is 0 Å². The van der Waals surface area contributed by atoms with Crippen LogP contribution in [0.15, 0.2) is 42.5 Å². The summed E-state index contributed by atoms with van der Waals surface area (Å²) in [7, 11) is 0. The Labute approximate surface area is 125 Å². The molecule has 0 aromatic heterocycles. The minimum atomic E-state index is -0.527. The van der Waals surface area contributed by atoms with Gasteiger partial charge in [0.25, 0.3) is 0 Å². The standard InChI is InChI=1S/C18H21F2N/c1-3-11-21-13(2)12-14-7-9-15(10-8-14)18-16(19)5-4-6-17(18)20/h4-10,13,21H,3,11-12H2,1-2H3. The monoisotopic (exact) mass is 289 g/mol. The van der Waals surface area contributed by atoms with E-state index in [0.717, 1.165) is 24.9 Å². The van der Waals surface area contributed by atoms with Crippen LogP contribution in [0.1, 0.15) is 25.8 Å². The van der Waals surface area contributed by atoms with Gasteiger partial charge in [-0.1, -0.05) is 37.3 Å². The number of hydrogen-bond donors (Lipinski definition) is 1. The van der Waals surface area contributed by atoms with Gasteiger partial charge in [-0.05, 0) is 49.6 Å². The summed E-state index contributed by atoms with van der Waals surface area (Å²) in [6.07, 6.45) is 2.01. The van der Waals surface area contributed by atoms with Gasteiger partial charge in [0.05, 0.1) is 5.56 Å². The number of benzene rings is 2. The molecule has 0 aliphatic heterocycles. The lowest BCUT2D eigenvalue weighted by Crippen LogP contribution is -2.28. The van der Waals surface area contributed by atoms with Crippen LogP contribution in [0.2, 0.25) is 0 Å². The van der Waals surface area contributed by atoms with Crippen molar-refractivity contribution in [3.63, 3.8) is 0 Å². The maximum absolute atomic E-state index is 13.7. The Bertz CT molecular complexity index is 558. The number of halogens is 2. The molecule has 0 aliphatic carbocycles. The quantitative estimate of drug-likeness (QED) is 0.822. The maximum Gasteiger partial charge on any atom is 0.133 e. The first-order valence-corrected chi connectivity index (χ1v) is 7.38. The summed E-state index contributed by atoms with van der Waals surface area (Å²) in [4.78, 5) is 0. The molecule has 0 fully saturated rings. The lowest BCUT2D eigenvalue weighted by Gasteiger charge is -2.13. The molecule has 1 N–H and O–H groups in total. The minimum Gasteiger partial charge on any atom is -0.314 e. The van der Waals surface area contributed by atoms with Crippen LogP contribution in [-0.4, -0.2) is 12.6 Å². The lowest BCUT2D eigenvalue weighted by molar-refractivity contribution is 0.543. The van der Waals surface area contributed by atoms with Crippen LogP contribution in [0, 0.1) is 11.6 Å². The smallest absolute Gasteiger partial charge is 0.133 e. The largest absolute Gasteiger partial charge is 0.314 e. The summed E-state index contributed by atoms with van der Waals surface area (Å²) in [5.74, 6) is -1.05. The summed E-state index contributed by atoms with van der Waals surface area (Å²) in [6.45, 7) is 5.28. The van der Waals surface area contributed by atoms with Crippen molar-refractivity contribution in [2.45, 2.75) is 32.7 Å². The molecule has 3 heteroatoms. The van der Waals surface area contributed by atoms with E-state index < -0.39 is 11.6 Å². The topological polar surface area (TPSA) is 12.0 Å². The molecule has 2 aromatic carbocycles. The fraction of sp³-hybridized carbons (Fsp3) is 0.333. The lowest BCUT2D eigenvalue weighted by atomic mass is 10.0. The Balaban J connectivity index is 2.12. The first-order chi connectivity index (χ1) is 10.1. The molecule has 0 heterocycles. The molecule has 0 bridgehead atoms. The molecule has 2 rings (SSSR count). The van der Waals surface area contributed by atoms with Crippen LogP contribution in [0.5, 0.6) is 0 Å². The Morgan fingerprint density at radius 3 is 2.19 bits per heavy atom. The van der Waals surface area contributed by atoms with Crippen LogP contribution in [0.25, 0.3) is 11.1 Å². The second kappa shape index (κ2) is 7.32. The van der Waals surface area contributed by atoms with Gasteiger partial charge < -0.3 is 5.32 Å². The Morgan fingerprint density at radius 2 is 1.62 bits per heavy atom. The zero-order valence-electron chi connectivity index (χ0n) is 12.5. The molecule has 21 heavy (non-hydrogen) atoms. The maximum atomic E-state index is 13.7. The minimum absolute atomic E-state index is 0.0428. The third-order valence-corrected chi connectivity index (χ3v) is 3.49. The van der Waals surface area contributed by atoms with E-state index in [1.807, 2.05) is 12.1 Å². The first-order valence-electron chi connectivity index (χ1n) is 7.38. The molecule has 1 atom stereocenters. The predicted molar refractivity (Wildman–Crippen MR) is 83.3 cm³/mol. The van der Waals surface area contributed by atoms with E-state index >= 15 is 0 Å². The average Bonchev–Trinajstić information content (AvgIpc) is 2.46. The van der Waals surface area contributed by atoms with Gasteiger partial charge in [-0.3, -0.25) is 0 Å². The van der Waals surface area contributed by atoms with E-state index in [1.165, 1.54) is 18.2 Å². The highest BCUT2D eigenvalue weighted by molar-refractivity contribution is 5.65. The van der Waals surface area contributed by atoms with Gasteiger partial charge in [-0.15, -0.1) is 0 Å². The third kappa shape index (κ3) is 4.11. The van der Waals surface area contributed by atoms with Crippen molar-refractivity contribution in [1.29, 1.82) is 0 Å². The average molecular weight is 289 g/mol. The summed E-state index contributed by atoms with van der Waals surface area (Å²) in [6, 6.07) is 11.8. The van der Waals surface area contributed by atoms with Crippen molar-refractivity contribution >= 4 is 0 Å². The zero-order chi connectivity index (χ0) is 15.2. The van der Waals surface area contributed by atoms with Gasteiger partial charge >= 0.3 is 0 Å². The fourth-order valence-electron chi connectivity index (χ4n) is 2.40. The van der Waals surface area contributed by atoms with Crippen LogP contribution in [-0.2, 0) is 6.42 Å². The summed E-state index contributed by atoms with van der Waals surface area (Å²) >= 11 is 0. The predicted octanol–water partition coefficient (Wildman–Crippen LogP) is 4.56. The Hall–Kier alpha value is -1.74. The molecule has 2 aromatic rings.